The molecule has 0 atom stereocenters. The monoisotopic (exact) mass is 509 g/mol. The second-order valence-corrected chi connectivity index (χ2v) is 10.6. The number of thioether (sulfide) groups is 2. The Balaban J connectivity index is 1.49. The third-order valence-corrected chi connectivity index (χ3v) is 8.68. The molecular formula is C29H23N3O2S2. The smallest absolute Gasteiger partial charge is 0.274 e. The minimum absolute atomic E-state index is 0.0723. The molecule has 1 saturated heterocycles. The largest absolute Gasteiger partial charge is 0.497 e. The molecule has 0 aliphatic carbocycles. The molecule has 1 amide bonds. The van der Waals surface area contributed by atoms with Gasteiger partial charge in [-0.1, -0.05) is 65.9 Å². The lowest BCUT2D eigenvalue weighted by molar-refractivity contribution is -0.113. The molecule has 6 rings (SSSR count). The van der Waals surface area contributed by atoms with Gasteiger partial charge in [-0.2, -0.15) is 0 Å². The molecule has 2 heterocycles. The van der Waals surface area contributed by atoms with Gasteiger partial charge >= 0.3 is 0 Å². The molecule has 0 saturated carbocycles. The van der Waals surface area contributed by atoms with E-state index in [1.807, 2.05) is 80.7 Å². The molecule has 0 bridgehead atoms. The number of aliphatic imine (C=N–C) groups is 1. The molecule has 2 aliphatic heterocycles. The number of amidine groups is 1. The van der Waals surface area contributed by atoms with Crippen LogP contribution < -0.4 is 14.5 Å². The van der Waals surface area contributed by atoms with E-state index in [0.29, 0.717) is 10.1 Å². The average Bonchev–Trinajstić information content (AvgIpc) is 3.40. The van der Waals surface area contributed by atoms with Gasteiger partial charge in [-0.05, 0) is 54.4 Å². The molecule has 7 heteroatoms. The van der Waals surface area contributed by atoms with E-state index in [0.717, 1.165) is 49.1 Å². The van der Waals surface area contributed by atoms with Crippen LogP contribution in [0.15, 0.2) is 105 Å². The van der Waals surface area contributed by atoms with Crippen molar-refractivity contribution in [3.05, 3.63) is 100 Å². The van der Waals surface area contributed by atoms with Gasteiger partial charge in [0, 0.05) is 23.4 Å². The first-order chi connectivity index (χ1) is 17.5. The Morgan fingerprint density at radius 3 is 2.47 bits per heavy atom. The summed E-state index contributed by atoms with van der Waals surface area (Å²) in [5.41, 5.74) is 3.81. The van der Waals surface area contributed by atoms with Crippen molar-refractivity contribution in [2.45, 2.75) is 11.8 Å². The van der Waals surface area contributed by atoms with Crippen molar-refractivity contribution in [1.82, 2.24) is 0 Å². The van der Waals surface area contributed by atoms with Crippen molar-refractivity contribution in [2.24, 2.45) is 4.99 Å². The maximum atomic E-state index is 14.0. The number of benzene rings is 4. The van der Waals surface area contributed by atoms with E-state index in [1.165, 1.54) is 11.8 Å². The van der Waals surface area contributed by atoms with E-state index in [2.05, 4.69) is 23.1 Å². The number of ether oxygens (including phenoxy) is 1. The standard InChI is InChI=1S/C29H23N3O2S2/c1-18-11-13-20(14-12-18)32-27(33)26(28-31(2)24-17-21(34-3)15-16-25(24)35-28)36-29(32)30-23-10-6-8-19-7-4-5-9-22(19)23/h4-17H,1-3H3. The number of hydrogen-bond acceptors (Lipinski definition) is 6. The molecule has 0 unspecified atom stereocenters. The van der Waals surface area contributed by atoms with Crippen LogP contribution in [-0.4, -0.2) is 25.2 Å². The number of amides is 1. The molecule has 1 fully saturated rings. The molecule has 0 aromatic heterocycles. The number of fused-ring (bicyclic) bond motifs is 2. The van der Waals surface area contributed by atoms with Gasteiger partial charge in [0.25, 0.3) is 5.91 Å². The van der Waals surface area contributed by atoms with Gasteiger partial charge in [-0.15, -0.1) is 0 Å². The minimum atomic E-state index is -0.0723. The maximum Gasteiger partial charge on any atom is 0.274 e. The van der Waals surface area contributed by atoms with Crippen LogP contribution >= 0.6 is 23.5 Å². The van der Waals surface area contributed by atoms with Crippen LogP contribution in [0.2, 0.25) is 0 Å². The topological polar surface area (TPSA) is 45.1 Å². The summed E-state index contributed by atoms with van der Waals surface area (Å²) < 4.78 is 5.42. The lowest BCUT2D eigenvalue weighted by atomic mass is 10.1. The minimum Gasteiger partial charge on any atom is -0.497 e. The van der Waals surface area contributed by atoms with Crippen molar-refractivity contribution in [3.63, 3.8) is 0 Å². The molecular weight excluding hydrogens is 486 g/mol. The average molecular weight is 510 g/mol. The van der Waals surface area contributed by atoms with Crippen LogP contribution in [0.3, 0.4) is 0 Å². The van der Waals surface area contributed by atoms with Crippen LogP contribution in [0.1, 0.15) is 5.56 Å². The van der Waals surface area contributed by atoms with E-state index >= 15 is 0 Å². The first kappa shape index (κ1) is 22.8. The predicted molar refractivity (Wildman–Crippen MR) is 152 cm³/mol. The summed E-state index contributed by atoms with van der Waals surface area (Å²) in [5.74, 6) is 0.717. The number of nitrogens with zero attached hydrogens (tertiary/aromatic N) is 3. The molecule has 4 aromatic carbocycles. The van der Waals surface area contributed by atoms with Gasteiger partial charge < -0.3 is 9.64 Å². The summed E-state index contributed by atoms with van der Waals surface area (Å²) in [6.07, 6.45) is 0. The van der Waals surface area contributed by atoms with Gasteiger partial charge in [-0.25, -0.2) is 4.99 Å². The van der Waals surface area contributed by atoms with E-state index in [4.69, 9.17) is 9.73 Å². The third kappa shape index (κ3) is 3.85. The molecule has 178 valence electrons. The van der Waals surface area contributed by atoms with Gasteiger partial charge in [0.1, 0.15) is 10.7 Å². The Hall–Kier alpha value is -3.68. The number of anilines is 2. The van der Waals surface area contributed by atoms with E-state index in [9.17, 15) is 4.79 Å². The fourth-order valence-electron chi connectivity index (χ4n) is 4.36. The van der Waals surface area contributed by atoms with E-state index in [-0.39, 0.29) is 5.91 Å². The normalized spacial score (nSPS) is 18.4. The second kappa shape index (κ2) is 9.08. The summed E-state index contributed by atoms with van der Waals surface area (Å²) >= 11 is 3.02. The Kier molecular flexibility index (Phi) is 5.74. The van der Waals surface area contributed by atoms with Gasteiger partial charge in [0.2, 0.25) is 0 Å². The Morgan fingerprint density at radius 1 is 0.889 bits per heavy atom. The highest BCUT2D eigenvalue weighted by Crippen LogP contribution is 2.51. The number of methoxy groups -OCH3 is 1. The van der Waals surface area contributed by atoms with Gasteiger partial charge in [0.15, 0.2) is 5.17 Å². The fraction of sp³-hybridized carbons (Fsp3) is 0.103. The SMILES string of the molecule is COc1ccc2c(c1)N(C)C(=C1SC(=Nc3cccc4ccccc34)N(c3ccc(C)cc3)C1=O)S2. The Bertz CT molecular complexity index is 1570. The fourth-order valence-corrected chi connectivity index (χ4v) is 6.68. The first-order valence-corrected chi connectivity index (χ1v) is 13.2. The summed E-state index contributed by atoms with van der Waals surface area (Å²) in [6, 6.07) is 28.2. The zero-order valence-electron chi connectivity index (χ0n) is 20.1. The van der Waals surface area contributed by atoms with Crippen molar-refractivity contribution >= 4 is 62.4 Å². The number of carbonyl (C=O) groups excluding carboxylic acids is 1. The summed E-state index contributed by atoms with van der Waals surface area (Å²) in [5, 5.41) is 3.71. The predicted octanol–water partition coefficient (Wildman–Crippen LogP) is 7.34. The van der Waals surface area contributed by atoms with E-state index in [1.54, 1.807) is 23.8 Å². The van der Waals surface area contributed by atoms with Crippen LogP contribution in [0.25, 0.3) is 10.8 Å². The van der Waals surface area contributed by atoms with E-state index < -0.39 is 0 Å². The van der Waals surface area contributed by atoms with Gasteiger partial charge in [0.05, 0.1) is 29.2 Å². The molecule has 0 spiro atoms. The third-order valence-electron chi connectivity index (χ3n) is 6.29. The number of rotatable bonds is 3. The summed E-state index contributed by atoms with van der Waals surface area (Å²) in [4.78, 5) is 24.6. The van der Waals surface area contributed by atoms with Crippen molar-refractivity contribution in [3.8, 4) is 5.75 Å². The lowest BCUT2D eigenvalue weighted by Crippen LogP contribution is -2.29. The number of carbonyl (C=O) groups is 1. The lowest BCUT2D eigenvalue weighted by Gasteiger charge is -2.17. The highest BCUT2D eigenvalue weighted by Gasteiger charge is 2.40. The van der Waals surface area contributed by atoms with Crippen molar-refractivity contribution in [2.75, 3.05) is 24.0 Å². The maximum absolute atomic E-state index is 14.0. The number of hydrogen-bond donors (Lipinski definition) is 0. The van der Waals surface area contributed by atoms with Crippen LogP contribution in [0.5, 0.6) is 5.75 Å². The Labute approximate surface area is 218 Å². The summed E-state index contributed by atoms with van der Waals surface area (Å²) in [7, 11) is 3.65. The molecule has 2 aliphatic rings. The quantitative estimate of drug-likeness (QED) is 0.271. The molecule has 0 N–H and O–H groups in total. The molecule has 5 nitrogen and oxygen atoms in total. The highest BCUT2D eigenvalue weighted by atomic mass is 32.2. The van der Waals surface area contributed by atoms with Crippen molar-refractivity contribution < 1.29 is 9.53 Å². The Morgan fingerprint density at radius 2 is 1.67 bits per heavy atom. The zero-order valence-corrected chi connectivity index (χ0v) is 21.7. The zero-order chi connectivity index (χ0) is 24.8. The number of aryl methyl sites for hydroxylation is 1. The highest BCUT2D eigenvalue weighted by molar-refractivity contribution is 8.20. The summed E-state index contributed by atoms with van der Waals surface area (Å²) in [6.45, 7) is 2.04. The first-order valence-electron chi connectivity index (χ1n) is 11.5. The van der Waals surface area contributed by atoms with Crippen LogP contribution in [-0.2, 0) is 4.79 Å². The second-order valence-electron chi connectivity index (χ2n) is 8.60. The van der Waals surface area contributed by atoms with Gasteiger partial charge in [-0.3, -0.25) is 9.69 Å². The van der Waals surface area contributed by atoms with Crippen LogP contribution in [0.4, 0.5) is 17.1 Å². The molecule has 4 aromatic rings. The molecule has 36 heavy (non-hydrogen) atoms. The van der Waals surface area contributed by atoms with Crippen molar-refractivity contribution in [1.29, 1.82) is 0 Å². The molecule has 0 radical (unpaired) electrons. The van der Waals surface area contributed by atoms with Crippen LogP contribution in [0, 0.1) is 6.92 Å².